The van der Waals surface area contributed by atoms with Gasteiger partial charge in [0.05, 0.1) is 18.3 Å². The quantitative estimate of drug-likeness (QED) is 0.493. The Bertz CT molecular complexity index is 1380. The summed E-state index contributed by atoms with van der Waals surface area (Å²) in [6, 6.07) is 15.4. The number of likely N-dealkylation sites (tertiary alicyclic amines) is 1. The number of para-hydroxylation sites is 1. The number of hydroxylamine groups is 1. The maximum Gasteiger partial charge on any atom is 0.316 e. The van der Waals surface area contributed by atoms with Gasteiger partial charge in [0, 0.05) is 48.2 Å². The van der Waals surface area contributed by atoms with Crippen molar-refractivity contribution >= 4 is 22.6 Å². The van der Waals surface area contributed by atoms with Crippen LogP contribution in [0.15, 0.2) is 60.4 Å². The van der Waals surface area contributed by atoms with Crippen molar-refractivity contribution in [3.05, 3.63) is 60.4 Å². The molecule has 192 valence electrons. The van der Waals surface area contributed by atoms with Crippen molar-refractivity contribution in [3.8, 4) is 17.0 Å². The fraction of sp³-hybridized carbons (Fsp3) is 0.393. The average molecular weight is 502 g/mol. The number of phenols is 1. The van der Waals surface area contributed by atoms with Crippen molar-refractivity contribution in [1.82, 2.24) is 20.6 Å². The smallest absolute Gasteiger partial charge is 0.316 e. The first-order valence-corrected chi connectivity index (χ1v) is 12.6. The number of aromatic hydroxyl groups is 1. The van der Waals surface area contributed by atoms with Gasteiger partial charge in [-0.25, -0.2) is 0 Å². The Morgan fingerprint density at radius 3 is 2.65 bits per heavy atom. The number of carbonyl (C=O) groups excluding carboxylic acids is 1. The molecular formula is C28H31N5O4. The zero-order valence-electron chi connectivity index (χ0n) is 21.2. The molecule has 2 aromatic carbocycles. The van der Waals surface area contributed by atoms with Crippen LogP contribution < -0.4 is 10.4 Å². The Hall–Kier alpha value is -3.69. The second-order valence-electron chi connectivity index (χ2n) is 10.7. The number of nitrogens with one attached hydrogen (secondary N) is 1. The van der Waals surface area contributed by atoms with Crippen molar-refractivity contribution in [2.75, 3.05) is 38.2 Å². The minimum atomic E-state index is -0.401. The third-order valence-electron chi connectivity index (χ3n) is 7.69. The van der Waals surface area contributed by atoms with Crippen LogP contribution in [0.5, 0.6) is 5.75 Å². The van der Waals surface area contributed by atoms with E-state index in [4.69, 9.17) is 9.57 Å². The zero-order chi connectivity index (χ0) is 25.7. The molecule has 2 saturated heterocycles. The molecule has 0 saturated carbocycles. The van der Waals surface area contributed by atoms with E-state index >= 15 is 0 Å². The third-order valence-corrected chi connectivity index (χ3v) is 7.69. The van der Waals surface area contributed by atoms with Crippen molar-refractivity contribution < 1.29 is 19.5 Å². The number of rotatable bonds is 6. The van der Waals surface area contributed by atoms with Crippen LogP contribution in [0.4, 0.5) is 5.69 Å². The fourth-order valence-corrected chi connectivity index (χ4v) is 5.74. The lowest BCUT2D eigenvalue weighted by Crippen LogP contribution is -2.74. The van der Waals surface area contributed by atoms with Gasteiger partial charge in [-0.1, -0.05) is 32.0 Å². The lowest BCUT2D eigenvalue weighted by molar-refractivity contribution is -0.147. The SMILES string of the molecule is COC(=O)C(C1=CC(N2CC3(CN(c4ccc5cc(-c6ccccc6O)nnc5c4)C3)C2)NO1)C(C)C. The van der Waals surface area contributed by atoms with E-state index in [1.807, 2.05) is 38.1 Å². The van der Waals surface area contributed by atoms with E-state index in [9.17, 15) is 9.90 Å². The molecule has 1 aromatic heterocycles. The van der Waals surface area contributed by atoms with E-state index in [0.717, 1.165) is 42.8 Å². The van der Waals surface area contributed by atoms with Crippen LogP contribution >= 0.6 is 0 Å². The Morgan fingerprint density at radius 2 is 1.92 bits per heavy atom. The van der Waals surface area contributed by atoms with Gasteiger partial charge in [-0.15, -0.1) is 15.7 Å². The number of esters is 1. The number of hydrogen-bond acceptors (Lipinski definition) is 9. The van der Waals surface area contributed by atoms with E-state index in [0.29, 0.717) is 17.0 Å². The topological polar surface area (TPSA) is 100 Å². The molecule has 0 amide bonds. The molecule has 0 aliphatic carbocycles. The highest BCUT2D eigenvalue weighted by Gasteiger charge is 2.54. The molecule has 1 spiro atoms. The highest BCUT2D eigenvalue weighted by Crippen LogP contribution is 2.44. The second kappa shape index (κ2) is 9.00. The summed E-state index contributed by atoms with van der Waals surface area (Å²) in [5.41, 5.74) is 6.65. The molecule has 9 heteroatoms. The number of fused-ring (bicyclic) bond motifs is 1. The molecule has 3 aliphatic heterocycles. The second-order valence-corrected chi connectivity index (χ2v) is 10.7. The normalized spacial score (nSPS) is 21.4. The molecule has 0 radical (unpaired) electrons. The summed E-state index contributed by atoms with van der Waals surface area (Å²) in [4.78, 5) is 22.6. The maximum absolute atomic E-state index is 12.2. The summed E-state index contributed by atoms with van der Waals surface area (Å²) in [5, 5.41) is 19.9. The summed E-state index contributed by atoms with van der Waals surface area (Å²) < 4.78 is 4.97. The summed E-state index contributed by atoms with van der Waals surface area (Å²) in [5.74, 6) is 0.259. The fourth-order valence-electron chi connectivity index (χ4n) is 5.74. The van der Waals surface area contributed by atoms with Crippen LogP contribution in [-0.4, -0.2) is 65.6 Å². The first-order chi connectivity index (χ1) is 17.9. The van der Waals surface area contributed by atoms with Gasteiger partial charge >= 0.3 is 5.97 Å². The molecule has 9 nitrogen and oxygen atoms in total. The summed E-state index contributed by atoms with van der Waals surface area (Å²) in [6.07, 6.45) is 1.98. The minimum Gasteiger partial charge on any atom is -0.507 e. The molecule has 2 atom stereocenters. The number of aromatic nitrogens is 2. The van der Waals surface area contributed by atoms with E-state index in [-0.39, 0.29) is 29.2 Å². The molecule has 3 aromatic rings. The van der Waals surface area contributed by atoms with Gasteiger partial charge in [0.25, 0.3) is 0 Å². The van der Waals surface area contributed by atoms with Crippen LogP contribution in [0.3, 0.4) is 0 Å². The molecule has 3 aliphatic rings. The zero-order valence-corrected chi connectivity index (χ0v) is 21.2. The highest BCUT2D eigenvalue weighted by atomic mass is 16.7. The van der Waals surface area contributed by atoms with Crippen LogP contribution in [0.2, 0.25) is 0 Å². The lowest BCUT2D eigenvalue weighted by atomic mass is 9.72. The van der Waals surface area contributed by atoms with Crippen molar-refractivity contribution in [3.63, 3.8) is 0 Å². The van der Waals surface area contributed by atoms with Crippen LogP contribution in [0, 0.1) is 17.3 Å². The minimum absolute atomic E-state index is 0.0326. The maximum atomic E-state index is 12.2. The van der Waals surface area contributed by atoms with E-state index in [2.05, 4.69) is 43.7 Å². The number of ether oxygens (including phenoxy) is 1. The first kappa shape index (κ1) is 23.7. The molecule has 0 bridgehead atoms. The van der Waals surface area contributed by atoms with Crippen LogP contribution in [0.1, 0.15) is 13.8 Å². The predicted octanol–water partition coefficient (Wildman–Crippen LogP) is 3.31. The number of phenolic OH excluding ortho intramolecular Hbond substituents is 1. The van der Waals surface area contributed by atoms with Gasteiger partial charge in [0.15, 0.2) is 0 Å². The van der Waals surface area contributed by atoms with Gasteiger partial charge in [-0.05, 0) is 42.3 Å². The Labute approximate surface area is 215 Å². The number of carbonyl (C=O) groups is 1. The third kappa shape index (κ3) is 4.18. The van der Waals surface area contributed by atoms with Gasteiger partial charge in [-0.2, -0.15) is 0 Å². The van der Waals surface area contributed by atoms with E-state index in [1.165, 1.54) is 7.11 Å². The van der Waals surface area contributed by atoms with Gasteiger partial charge in [0.1, 0.15) is 23.6 Å². The van der Waals surface area contributed by atoms with Gasteiger partial charge in [0.2, 0.25) is 0 Å². The summed E-state index contributed by atoms with van der Waals surface area (Å²) in [6.45, 7) is 7.89. The average Bonchev–Trinajstić information content (AvgIpc) is 3.31. The van der Waals surface area contributed by atoms with E-state index < -0.39 is 5.92 Å². The molecule has 6 rings (SSSR count). The van der Waals surface area contributed by atoms with Gasteiger partial charge < -0.3 is 19.6 Å². The molecule has 4 heterocycles. The molecule has 2 fully saturated rings. The van der Waals surface area contributed by atoms with Crippen LogP contribution in [0.25, 0.3) is 22.2 Å². The van der Waals surface area contributed by atoms with E-state index in [1.54, 1.807) is 12.1 Å². The first-order valence-electron chi connectivity index (χ1n) is 12.6. The molecule has 2 N–H and O–H groups in total. The highest BCUT2D eigenvalue weighted by molar-refractivity contribution is 5.85. The number of anilines is 1. The molecule has 2 unspecified atom stereocenters. The molecular weight excluding hydrogens is 470 g/mol. The molecule has 37 heavy (non-hydrogen) atoms. The standard InChI is InChI=1S/C28H31N5O4/c1-17(2)26(27(35)36-3)24-12-25(31-37-24)33-15-28(16-33)13-32(14-28)19-9-8-18-10-22(30-29-21(18)11-19)20-6-4-5-7-23(20)34/h4-12,17,25-26,31,34H,13-16H2,1-3H3. The number of nitrogens with zero attached hydrogens (tertiary/aromatic N) is 4. The monoisotopic (exact) mass is 501 g/mol. The lowest BCUT2D eigenvalue weighted by Gasteiger charge is -2.61. The Morgan fingerprint density at radius 1 is 1.14 bits per heavy atom. The summed E-state index contributed by atoms with van der Waals surface area (Å²) in [7, 11) is 1.41. The predicted molar refractivity (Wildman–Crippen MR) is 139 cm³/mol. The number of benzene rings is 2. The van der Waals surface area contributed by atoms with Crippen molar-refractivity contribution in [1.29, 1.82) is 0 Å². The number of methoxy groups -OCH3 is 1. The largest absolute Gasteiger partial charge is 0.507 e. The van der Waals surface area contributed by atoms with Crippen molar-refractivity contribution in [2.24, 2.45) is 17.3 Å². The van der Waals surface area contributed by atoms with Crippen LogP contribution in [-0.2, 0) is 14.4 Å². The number of hydrogen-bond donors (Lipinski definition) is 2. The summed E-state index contributed by atoms with van der Waals surface area (Å²) >= 11 is 0. The van der Waals surface area contributed by atoms with Crippen molar-refractivity contribution in [2.45, 2.75) is 20.0 Å². The Kier molecular flexibility index (Phi) is 5.77. The van der Waals surface area contributed by atoms with Gasteiger partial charge in [-0.3, -0.25) is 9.69 Å². The Balaban J connectivity index is 1.08.